The molecule has 94 valence electrons. The molecule has 2 rings (SSSR count). The zero-order chi connectivity index (χ0) is 12.5. The van der Waals surface area contributed by atoms with Crippen molar-refractivity contribution < 1.29 is 16.8 Å². The SMILES string of the molecule is O=S1(=O)CC[C@@H](SS(=O)(=O)c2ccccc2)C1. The number of hydrogen-bond donors (Lipinski definition) is 0. The fraction of sp³-hybridized carbons (Fsp3) is 0.400. The maximum Gasteiger partial charge on any atom is 0.230 e. The van der Waals surface area contributed by atoms with Crippen molar-refractivity contribution in [1.29, 1.82) is 0 Å². The maximum absolute atomic E-state index is 12.0. The highest BCUT2D eigenvalue weighted by Gasteiger charge is 2.32. The van der Waals surface area contributed by atoms with Crippen LogP contribution in [0.4, 0.5) is 0 Å². The Morgan fingerprint density at radius 2 is 1.82 bits per heavy atom. The zero-order valence-corrected chi connectivity index (χ0v) is 11.4. The predicted molar refractivity (Wildman–Crippen MR) is 68.3 cm³/mol. The van der Waals surface area contributed by atoms with Crippen LogP contribution in [0.1, 0.15) is 6.42 Å². The van der Waals surface area contributed by atoms with E-state index in [1.54, 1.807) is 18.2 Å². The van der Waals surface area contributed by atoms with E-state index in [4.69, 9.17) is 0 Å². The molecule has 0 saturated carbocycles. The summed E-state index contributed by atoms with van der Waals surface area (Å²) in [7, 11) is -5.72. The van der Waals surface area contributed by atoms with E-state index in [0.717, 1.165) is 10.8 Å². The van der Waals surface area contributed by atoms with Crippen LogP contribution in [0.3, 0.4) is 0 Å². The zero-order valence-electron chi connectivity index (χ0n) is 8.94. The maximum atomic E-state index is 12.0. The monoisotopic (exact) mass is 292 g/mol. The normalized spacial score (nSPS) is 23.6. The lowest BCUT2D eigenvalue weighted by molar-refractivity contribution is 0.602. The molecule has 1 fully saturated rings. The van der Waals surface area contributed by atoms with Crippen molar-refractivity contribution in [1.82, 2.24) is 0 Å². The first-order chi connectivity index (χ1) is 7.89. The third-order valence-electron chi connectivity index (χ3n) is 2.49. The van der Waals surface area contributed by atoms with E-state index in [9.17, 15) is 16.8 Å². The van der Waals surface area contributed by atoms with E-state index in [2.05, 4.69) is 0 Å². The van der Waals surface area contributed by atoms with Gasteiger partial charge in [-0.1, -0.05) is 18.2 Å². The molecule has 1 saturated heterocycles. The van der Waals surface area contributed by atoms with Gasteiger partial charge >= 0.3 is 0 Å². The summed E-state index contributed by atoms with van der Waals surface area (Å²) in [6.07, 6.45) is 0.416. The molecule has 7 heteroatoms. The molecule has 1 atom stereocenters. The van der Waals surface area contributed by atoms with Crippen LogP contribution in [-0.2, 0) is 18.7 Å². The van der Waals surface area contributed by atoms with Gasteiger partial charge in [0.25, 0.3) is 0 Å². The van der Waals surface area contributed by atoms with Crippen molar-refractivity contribution in [2.45, 2.75) is 16.6 Å². The first-order valence-electron chi connectivity index (χ1n) is 5.08. The summed E-state index contributed by atoms with van der Waals surface area (Å²) in [6, 6.07) is 8.08. The Labute approximate surface area is 105 Å². The molecular formula is C10H12O4S3. The molecule has 0 unspecified atom stereocenters. The highest BCUT2D eigenvalue weighted by Crippen LogP contribution is 2.32. The van der Waals surface area contributed by atoms with Gasteiger partial charge in [0.05, 0.1) is 16.4 Å². The molecule has 1 heterocycles. The summed E-state index contributed by atoms with van der Waals surface area (Å²) in [5.41, 5.74) is 0. The summed E-state index contributed by atoms with van der Waals surface area (Å²) < 4.78 is 46.4. The van der Waals surface area contributed by atoms with Gasteiger partial charge < -0.3 is 0 Å². The van der Waals surface area contributed by atoms with Crippen LogP contribution in [0.25, 0.3) is 0 Å². The van der Waals surface area contributed by atoms with Crippen LogP contribution < -0.4 is 0 Å². The Morgan fingerprint density at radius 3 is 2.35 bits per heavy atom. The van der Waals surface area contributed by atoms with Gasteiger partial charge in [-0.2, -0.15) is 0 Å². The summed E-state index contributed by atoms with van der Waals surface area (Å²) >= 11 is 0. The van der Waals surface area contributed by atoms with Crippen molar-refractivity contribution in [2.75, 3.05) is 11.5 Å². The summed E-state index contributed by atoms with van der Waals surface area (Å²) in [4.78, 5) is 0.231. The van der Waals surface area contributed by atoms with Gasteiger partial charge in [0, 0.05) is 5.25 Å². The van der Waals surface area contributed by atoms with Crippen LogP contribution in [0, 0.1) is 0 Å². The number of hydrogen-bond acceptors (Lipinski definition) is 5. The molecule has 0 radical (unpaired) electrons. The molecule has 1 aliphatic rings. The topological polar surface area (TPSA) is 68.3 Å². The fourth-order valence-corrected chi connectivity index (χ4v) is 7.90. The van der Waals surface area contributed by atoms with Gasteiger partial charge in [0.15, 0.2) is 9.84 Å². The smallest absolute Gasteiger partial charge is 0.229 e. The summed E-state index contributed by atoms with van der Waals surface area (Å²) in [5, 5.41) is -0.342. The van der Waals surface area contributed by atoms with Crippen LogP contribution in [-0.4, -0.2) is 33.6 Å². The van der Waals surface area contributed by atoms with Crippen molar-refractivity contribution in [3.05, 3.63) is 30.3 Å². The van der Waals surface area contributed by atoms with E-state index in [1.807, 2.05) is 0 Å². The molecule has 0 spiro atoms. The van der Waals surface area contributed by atoms with E-state index in [-0.39, 0.29) is 21.7 Å². The van der Waals surface area contributed by atoms with Gasteiger partial charge in [-0.25, -0.2) is 16.8 Å². The molecule has 4 nitrogen and oxygen atoms in total. The molecule has 0 N–H and O–H groups in total. The third kappa shape index (κ3) is 3.23. The van der Waals surface area contributed by atoms with E-state index >= 15 is 0 Å². The molecule has 17 heavy (non-hydrogen) atoms. The van der Waals surface area contributed by atoms with Gasteiger partial charge in [0.1, 0.15) is 0 Å². The molecule has 0 aliphatic carbocycles. The third-order valence-corrected chi connectivity index (χ3v) is 8.40. The standard InChI is InChI=1S/C10H12O4S3/c11-16(12)7-6-9(8-16)15-17(13,14)10-4-2-1-3-5-10/h1-5,9H,6-8H2/t9-/m1/s1. The Bertz CT molecular complexity index is 590. The minimum absolute atomic E-state index is 0.0380. The number of rotatable bonds is 3. The second kappa shape index (κ2) is 4.62. The molecule has 1 aromatic rings. The minimum atomic E-state index is -3.44. The largest absolute Gasteiger partial charge is 0.230 e. The Morgan fingerprint density at radius 1 is 1.18 bits per heavy atom. The molecule has 1 aliphatic heterocycles. The van der Waals surface area contributed by atoms with E-state index in [1.165, 1.54) is 12.1 Å². The van der Waals surface area contributed by atoms with Crippen molar-refractivity contribution >= 4 is 29.5 Å². The molecule has 1 aromatic carbocycles. The van der Waals surface area contributed by atoms with Crippen LogP contribution in [0.5, 0.6) is 0 Å². The van der Waals surface area contributed by atoms with Crippen LogP contribution in [0.2, 0.25) is 0 Å². The van der Waals surface area contributed by atoms with Gasteiger partial charge in [0.2, 0.25) is 8.87 Å². The Balaban J connectivity index is 2.15. The van der Waals surface area contributed by atoms with E-state index < -0.39 is 18.7 Å². The van der Waals surface area contributed by atoms with Crippen LogP contribution in [0.15, 0.2) is 35.2 Å². The summed E-state index contributed by atoms with van der Waals surface area (Å²) in [5.74, 6) is 0.0543. The highest BCUT2D eigenvalue weighted by atomic mass is 33.1. The Hall–Kier alpha value is -0.530. The lowest BCUT2D eigenvalue weighted by atomic mass is 10.4. The predicted octanol–water partition coefficient (Wildman–Crippen LogP) is 1.30. The molecule has 0 amide bonds. The average molecular weight is 292 g/mol. The lowest BCUT2D eigenvalue weighted by Gasteiger charge is -2.07. The van der Waals surface area contributed by atoms with Gasteiger partial charge in [-0.05, 0) is 29.3 Å². The molecule has 0 bridgehead atoms. The quantitative estimate of drug-likeness (QED) is 0.785. The lowest BCUT2D eigenvalue weighted by Crippen LogP contribution is -2.09. The van der Waals surface area contributed by atoms with Gasteiger partial charge in [-0.15, -0.1) is 0 Å². The first-order valence-corrected chi connectivity index (χ1v) is 9.78. The minimum Gasteiger partial charge on any atom is -0.229 e. The molecule has 0 aromatic heterocycles. The average Bonchev–Trinajstić information content (AvgIpc) is 2.58. The second-order valence-electron chi connectivity index (χ2n) is 3.89. The van der Waals surface area contributed by atoms with Crippen molar-refractivity contribution in [3.63, 3.8) is 0 Å². The number of sulfone groups is 1. The van der Waals surface area contributed by atoms with E-state index in [0.29, 0.717) is 6.42 Å². The van der Waals surface area contributed by atoms with Crippen molar-refractivity contribution in [3.8, 4) is 0 Å². The van der Waals surface area contributed by atoms with Gasteiger partial charge in [-0.3, -0.25) is 0 Å². The highest BCUT2D eigenvalue weighted by molar-refractivity contribution is 8.72. The molecular weight excluding hydrogens is 280 g/mol. The Kier molecular flexibility index (Phi) is 3.51. The fourth-order valence-electron chi connectivity index (χ4n) is 1.66. The van der Waals surface area contributed by atoms with Crippen molar-refractivity contribution in [2.24, 2.45) is 0 Å². The second-order valence-corrected chi connectivity index (χ2v) is 10.2. The first kappa shape index (κ1) is 12.9. The number of benzene rings is 1. The van der Waals surface area contributed by atoms with Crippen LogP contribution >= 0.6 is 10.8 Å². The summed E-state index contributed by atoms with van der Waals surface area (Å²) in [6.45, 7) is 0.